The number of imidazole rings is 1. The molecule has 0 fully saturated rings. The van der Waals surface area contributed by atoms with Crippen LogP contribution in [0.2, 0.25) is 0 Å². The summed E-state index contributed by atoms with van der Waals surface area (Å²) in [4.78, 5) is 6.74. The SMILES string of the molecule is COCCCn1cc(C)nc1NCCCCN(C)C. The third-order valence-electron chi connectivity index (χ3n) is 2.96. The maximum Gasteiger partial charge on any atom is 0.203 e. The monoisotopic (exact) mass is 268 g/mol. The molecule has 0 aliphatic carbocycles. The highest BCUT2D eigenvalue weighted by molar-refractivity contribution is 5.28. The zero-order chi connectivity index (χ0) is 14.1. The number of hydrogen-bond donors (Lipinski definition) is 1. The van der Waals surface area contributed by atoms with Crippen LogP contribution in [0.1, 0.15) is 25.0 Å². The van der Waals surface area contributed by atoms with E-state index in [0.29, 0.717) is 0 Å². The summed E-state index contributed by atoms with van der Waals surface area (Å²) in [5.74, 6) is 0.985. The Morgan fingerprint density at radius 1 is 1.32 bits per heavy atom. The van der Waals surface area contributed by atoms with E-state index in [0.717, 1.165) is 44.3 Å². The third kappa shape index (κ3) is 6.59. The van der Waals surface area contributed by atoms with Crippen molar-refractivity contribution in [2.75, 3.05) is 46.2 Å². The van der Waals surface area contributed by atoms with Gasteiger partial charge in [0.2, 0.25) is 5.95 Å². The minimum atomic E-state index is 0.791. The standard InChI is InChI=1S/C14H28N4O/c1-13-12-18(10-7-11-19-4)14(16-13)15-8-5-6-9-17(2)3/h12H,5-11H2,1-4H3,(H,15,16). The highest BCUT2D eigenvalue weighted by Gasteiger charge is 2.04. The third-order valence-corrected chi connectivity index (χ3v) is 2.96. The summed E-state index contributed by atoms with van der Waals surface area (Å²) in [5.41, 5.74) is 1.06. The molecule has 5 nitrogen and oxygen atoms in total. The molecule has 0 saturated heterocycles. The van der Waals surface area contributed by atoms with Crippen molar-refractivity contribution in [1.82, 2.24) is 14.5 Å². The molecule has 1 aromatic rings. The number of nitrogens with zero attached hydrogens (tertiary/aromatic N) is 3. The van der Waals surface area contributed by atoms with Crippen molar-refractivity contribution in [3.8, 4) is 0 Å². The van der Waals surface area contributed by atoms with Crippen LogP contribution in [-0.2, 0) is 11.3 Å². The molecule has 0 saturated carbocycles. The lowest BCUT2D eigenvalue weighted by molar-refractivity contribution is 0.190. The van der Waals surface area contributed by atoms with Gasteiger partial charge >= 0.3 is 0 Å². The topological polar surface area (TPSA) is 42.3 Å². The van der Waals surface area contributed by atoms with Crippen LogP contribution in [0.5, 0.6) is 0 Å². The number of hydrogen-bond acceptors (Lipinski definition) is 4. The number of anilines is 1. The fourth-order valence-corrected chi connectivity index (χ4v) is 1.99. The second kappa shape index (κ2) is 8.93. The molecule has 0 bridgehead atoms. The van der Waals surface area contributed by atoms with Gasteiger partial charge in [0.05, 0.1) is 5.69 Å². The zero-order valence-corrected chi connectivity index (χ0v) is 12.8. The van der Waals surface area contributed by atoms with Crippen molar-refractivity contribution in [3.05, 3.63) is 11.9 Å². The molecule has 0 radical (unpaired) electrons. The van der Waals surface area contributed by atoms with E-state index in [1.165, 1.54) is 12.8 Å². The van der Waals surface area contributed by atoms with Crippen molar-refractivity contribution in [3.63, 3.8) is 0 Å². The Kier molecular flexibility index (Phi) is 7.52. The average Bonchev–Trinajstić information content (AvgIpc) is 2.69. The van der Waals surface area contributed by atoms with Gasteiger partial charge in [-0.15, -0.1) is 0 Å². The Labute approximate surface area is 117 Å². The molecule has 5 heteroatoms. The van der Waals surface area contributed by atoms with Crippen LogP contribution in [0.15, 0.2) is 6.20 Å². The Morgan fingerprint density at radius 2 is 2.11 bits per heavy atom. The molecule has 1 N–H and O–H groups in total. The smallest absolute Gasteiger partial charge is 0.203 e. The number of nitrogens with one attached hydrogen (secondary N) is 1. The molecule has 0 unspecified atom stereocenters. The van der Waals surface area contributed by atoms with Gasteiger partial charge in [-0.25, -0.2) is 4.98 Å². The van der Waals surface area contributed by atoms with Gasteiger partial charge in [0.15, 0.2) is 0 Å². The average molecular weight is 268 g/mol. The molecule has 0 atom stereocenters. The zero-order valence-electron chi connectivity index (χ0n) is 12.8. The van der Waals surface area contributed by atoms with Crippen LogP contribution in [0.4, 0.5) is 5.95 Å². The van der Waals surface area contributed by atoms with E-state index in [1.807, 2.05) is 6.92 Å². The summed E-state index contributed by atoms with van der Waals surface area (Å²) in [7, 11) is 5.96. The normalized spacial score (nSPS) is 11.2. The maximum atomic E-state index is 5.09. The fraction of sp³-hybridized carbons (Fsp3) is 0.786. The Morgan fingerprint density at radius 3 is 2.79 bits per heavy atom. The van der Waals surface area contributed by atoms with Gasteiger partial charge in [-0.2, -0.15) is 0 Å². The van der Waals surface area contributed by atoms with E-state index in [-0.39, 0.29) is 0 Å². The quantitative estimate of drug-likeness (QED) is 0.659. The molecule has 0 aliphatic rings. The van der Waals surface area contributed by atoms with E-state index in [4.69, 9.17) is 4.74 Å². The minimum Gasteiger partial charge on any atom is -0.385 e. The molecule has 0 aliphatic heterocycles. The molecule has 1 heterocycles. The minimum absolute atomic E-state index is 0.791. The predicted octanol–water partition coefficient (Wildman–Crippen LogP) is 1.98. The van der Waals surface area contributed by atoms with Gasteiger partial charge < -0.3 is 19.5 Å². The van der Waals surface area contributed by atoms with Gasteiger partial charge in [0.25, 0.3) is 0 Å². The Hall–Kier alpha value is -1.07. The van der Waals surface area contributed by atoms with Crippen LogP contribution >= 0.6 is 0 Å². The highest BCUT2D eigenvalue weighted by Crippen LogP contribution is 2.09. The molecule has 1 rings (SSSR count). The summed E-state index contributed by atoms with van der Waals surface area (Å²) < 4.78 is 7.27. The predicted molar refractivity (Wildman–Crippen MR) is 79.7 cm³/mol. The lowest BCUT2D eigenvalue weighted by Crippen LogP contribution is -2.15. The first-order valence-electron chi connectivity index (χ1n) is 7.05. The van der Waals surface area contributed by atoms with Gasteiger partial charge in [-0.05, 0) is 46.8 Å². The summed E-state index contributed by atoms with van der Waals surface area (Å²) in [6, 6.07) is 0. The molecular weight excluding hydrogens is 240 g/mol. The summed E-state index contributed by atoms with van der Waals surface area (Å²) in [6.07, 6.45) is 5.49. The van der Waals surface area contributed by atoms with E-state index in [1.54, 1.807) is 7.11 Å². The van der Waals surface area contributed by atoms with Crippen LogP contribution in [-0.4, -0.2) is 55.4 Å². The van der Waals surface area contributed by atoms with Crippen molar-refractivity contribution in [2.24, 2.45) is 0 Å². The van der Waals surface area contributed by atoms with Crippen molar-refractivity contribution in [1.29, 1.82) is 0 Å². The van der Waals surface area contributed by atoms with Crippen LogP contribution in [0.3, 0.4) is 0 Å². The summed E-state index contributed by atoms with van der Waals surface area (Å²) >= 11 is 0. The van der Waals surface area contributed by atoms with Gasteiger partial charge in [-0.1, -0.05) is 0 Å². The molecule has 1 aromatic heterocycles. The van der Waals surface area contributed by atoms with E-state index < -0.39 is 0 Å². The fourth-order valence-electron chi connectivity index (χ4n) is 1.99. The number of rotatable bonds is 10. The lowest BCUT2D eigenvalue weighted by Gasteiger charge is -2.11. The summed E-state index contributed by atoms with van der Waals surface area (Å²) in [6.45, 7) is 5.90. The van der Waals surface area contributed by atoms with E-state index in [2.05, 4.69) is 40.1 Å². The summed E-state index contributed by atoms with van der Waals surface area (Å²) in [5, 5.41) is 3.43. The second-order valence-electron chi connectivity index (χ2n) is 5.18. The molecular formula is C14H28N4O. The van der Waals surface area contributed by atoms with E-state index >= 15 is 0 Å². The Bertz CT molecular complexity index is 349. The number of ether oxygens (including phenoxy) is 1. The first-order chi connectivity index (χ1) is 9.13. The maximum absolute atomic E-state index is 5.09. The van der Waals surface area contributed by atoms with E-state index in [9.17, 15) is 0 Å². The van der Waals surface area contributed by atoms with Crippen molar-refractivity contribution in [2.45, 2.75) is 32.7 Å². The first-order valence-corrected chi connectivity index (χ1v) is 7.05. The van der Waals surface area contributed by atoms with Gasteiger partial charge in [-0.3, -0.25) is 0 Å². The van der Waals surface area contributed by atoms with Crippen LogP contribution < -0.4 is 5.32 Å². The van der Waals surface area contributed by atoms with Crippen LogP contribution in [0, 0.1) is 6.92 Å². The molecule has 110 valence electrons. The van der Waals surface area contributed by atoms with Crippen molar-refractivity contribution < 1.29 is 4.74 Å². The first kappa shape index (κ1) is 16.0. The molecule has 0 spiro atoms. The van der Waals surface area contributed by atoms with Crippen LogP contribution in [0.25, 0.3) is 0 Å². The number of aryl methyl sites for hydroxylation is 2. The molecule has 0 aromatic carbocycles. The highest BCUT2D eigenvalue weighted by atomic mass is 16.5. The number of unbranched alkanes of at least 4 members (excludes halogenated alkanes) is 1. The Balaban J connectivity index is 2.31. The lowest BCUT2D eigenvalue weighted by atomic mass is 10.3. The second-order valence-corrected chi connectivity index (χ2v) is 5.18. The number of aromatic nitrogens is 2. The van der Waals surface area contributed by atoms with Gasteiger partial charge in [0, 0.05) is 33.0 Å². The number of methoxy groups -OCH3 is 1. The van der Waals surface area contributed by atoms with Gasteiger partial charge in [0.1, 0.15) is 0 Å². The van der Waals surface area contributed by atoms with Crippen molar-refractivity contribution >= 4 is 5.95 Å². The largest absolute Gasteiger partial charge is 0.385 e. The molecule has 0 amide bonds. The molecule has 19 heavy (non-hydrogen) atoms.